The Hall–Kier alpha value is -2.03. The number of ether oxygens (including phenoxy) is 1. The first kappa shape index (κ1) is 15.4. The summed E-state index contributed by atoms with van der Waals surface area (Å²) in [6.45, 7) is 4.65. The van der Waals surface area contributed by atoms with E-state index in [0.717, 1.165) is 36.9 Å². The van der Waals surface area contributed by atoms with E-state index in [1.54, 1.807) is 6.92 Å². The summed E-state index contributed by atoms with van der Waals surface area (Å²) in [5.74, 6) is 0.671. The molecule has 1 unspecified atom stereocenters. The molecule has 1 atom stereocenters. The van der Waals surface area contributed by atoms with Gasteiger partial charge in [0.1, 0.15) is 5.75 Å². The molecule has 0 spiro atoms. The Labute approximate surface area is 126 Å². The van der Waals surface area contributed by atoms with Crippen molar-refractivity contribution in [3.05, 3.63) is 42.5 Å². The zero-order valence-electron chi connectivity index (χ0n) is 12.8. The molecule has 2 aromatic carbocycles. The fraction of sp³-hybridized carbons (Fsp3) is 0.389. The van der Waals surface area contributed by atoms with E-state index >= 15 is 0 Å². The second-order valence-corrected chi connectivity index (χ2v) is 5.27. The van der Waals surface area contributed by atoms with E-state index in [1.807, 2.05) is 36.4 Å². The smallest absolute Gasteiger partial charge is 0.260 e. The van der Waals surface area contributed by atoms with E-state index in [9.17, 15) is 4.79 Å². The predicted molar refractivity (Wildman–Crippen MR) is 86.6 cm³/mol. The minimum atomic E-state index is -0.479. The average Bonchev–Trinajstić information content (AvgIpc) is 2.51. The van der Waals surface area contributed by atoms with Gasteiger partial charge in [-0.15, -0.1) is 0 Å². The Morgan fingerprint density at radius 1 is 1.14 bits per heavy atom. The van der Waals surface area contributed by atoms with Crippen molar-refractivity contribution in [3.63, 3.8) is 0 Å². The van der Waals surface area contributed by atoms with Crippen LogP contribution in [0, 0.1) is 0 Å². The highest BCUT2D eigenvalue weighted by Gasteiger charge is 2.13. The number of carbonyl (C=O) groups excluding carboxylic acids is 1. The number of unbranched alkanes of at least 4 members (excludes halogenated alkanes) is 2. The van der Waals surface area contributed by atoms with Crippen LogP contribution in [0.5, 0.6) is 5.75 Å². The van der Waals surface area contributed by atoms with Gasteiger partial charge >= 0.3 is 0 Å². The maximum Gasteiger partial charge on any atom is 0.260 e. The number of hydrogen-bond acceptors (Lipinski definition) is 2. The van der Waals surface area contributed by atoms with Crippen LogP contribution < -0.4 is 10.1 Å². The molecule has 1 amide bonds. The number of carbonyl (C=O) groups is 1. The minimum Gasteiger partial charge on any atom is -0.481 e. The Morgan fingerprint density at radius 3 is 2.67 bits per heavy atom. The van der Waals surface area contributed by atoms with Crippen molar-refractivity contribution in [2.45, 2.75) is 39.2 Å². The Kier molecular flexibility index (Phi) is 5.61. The van der Waals surface area contributed by atoms with Crippen molar-refractivity contribution in [2.75, 3.05) is 6.54 Å². The molecule has 2 rings (SSSR count). The lowest BCUT2D eigenvalue weighted by molar-refractivity contribution is -0.127. The summed E-state index contributed by atoms with van der Waals surface area (Å²) in [5, 5.41) is 5.20. The molecule has 2 aromatic rings. The van der Waals surface area contributed by atoms with Crippen LogP contribution in [0.15, 0.2) is 42.5 Å². The van der Waals surface area contributed by atoms with E-state index in [-0.39, 0.29) is 5.91 Å². The number of amides is 1. The zero-order valence-corrected chi connectivity index (χ0v) is 12.8. The van der Waals surface area contributed by atoms with Crippen LogP contribution in [0.3, 0.4) is 0 Å². The predicted octanol–water partition coefficient (Wildman–Crippen LogP) is 3.91. The summed E-state index contributed by atoms with van der Waals surface area (Å²) in [4.78, 5) is 11.9. The molecule has 112 valence electrons. The largest absolute Gasteiger partial charge is 0.481 e. The molecule has 0 fully saturated rings. The molecular weight excluding hydrogens is 262 g/mol. The van der Waals surface area contributed by atoms with E-state index in [0.29, 0.717) is 0 Å². The molecule has 0 saturated carbocycles. The van der Waals surface area contributed by atoms with Gasteiger partial charge in [0, 0.05) is 6.54 Å². The molecule has 3 nitrogen and oxygen atoms in total. The minimum absolute atomic E-state index is 0.0562. The SMILES string of the molecule is CCCCCNC(=O)C(C)Oc1ccc2ccccc2c1. The molecule has 0 bridgehead atoms. The third-order valence-corrected chi connectivity index (χ3v) is 3.48. The van der Waals surface area contributed by atoms with Crippen molar-refractivity contribution >= 4 is 16.7 Å². The third-order valence-electron chi connectivity index (χ3n) is 3.48. The number of rotatable bonds is 7. The van der Waals surface area contributed by atoms with Crippen molar-refractivity contribution < 1.29 is 9.53 Å². The maximum absolute atomic E-state index is 11.9. The third kappa shape index (κ3) is 4.48. The molecule has 0 radical (unpaired) electrons. The van der Waals surface area contributed by atoms with Crippen molar-refractivity contribution in [1.29, 1.82) is 0 Å². The first-order valence-corrected chi connectivity index (χ1v) is 7.64. The van der Waals surface area contributed by atoms with Crippen LogP contribution in [0.25, 0.3) is 10.8 Å². The molecule has 1 N–H and O–H groups in total. The van der Waals surface area contributed by atoms with E-state index in [2.05, 4.69) is 18.3 Å². The van der Waals surface area contributed by atoms with Crippen LogP contribution in [-0.2, 0) is 4.79 Å². The number of fused-ring (bicyclic) bond motifs is 1. The van der Waals surface area contributed by atoms with Gasteiger partial charge in [0.2, 0.25) is 0 Å². The quantitative estimate of drug-likeness (QED) is 0.783. The van der Waals surface area contributed by atoms with Crippen molar-refractivity contribution in [1.82, 2.24) is 5.32 Å². The second kappa shape index (κ2) is 7.67. The molecule has 0 aliphatic carbocycles. The summed E-state index contributed by atoms with van der Waals surface area (Å²) in [6, 6.07) is 14.0. The summed E-state index contributed by atoms with van der Waals surface area (Å²) in [6.07, 6.45) is 2.83. The van der Waals surface area contributed by atoms with Crippen LogP contribution in [0.4, 0.5) is 0 Å². The van der Waals surface area contributed by atoms with Gasteiger partial charge in [-0.2, -0.15) is 0 Å². The van der Waals surface area contributed by atoms with Gasteiger partial charge in [0.25, 0.3) is 5.91 Å². The van der Waals surface area contributed by atoms with E-state index in [4.69, 9.17) is 4.74 Å². The number of benzene rings is 2. The summed E-state index contributed by atoms with van der Waals surface area (Å²) in [7, 11) is 0. The van der Waals surface area contributed by atoms with E-state index < -0.39 is 6.10 Å². The lowest BCUT2D eigenvalue weighted by Crippen LogP contribution is -2.36. The lowest BCUT2D eigenvalue weighted by atomic mass is 10.1. The highest BCUT2D eigenvalue weighted by atomic mass is 16.5. The van der Waals surface area contributed by atoms with Gasteiger partial charge in [-0.1, -0.05) is 50.1 Å². The maximum atomic E-state index is 11.9. The molecule has 3 heteroatoms. The van der Waals surface area contributed by atoms with Crippen LogP contribution in [0.2, 0.25) is 0 Å². The molecule has 0 saturated heterocycles. The molecule has 0 aliphatic heterocycles. The summed E-state index contributed by atoms with van der Waals surface area (Å²) in [5.41, 5.74) is 0. The standard InChI is InChI=1S/C18H23NO2/c1-3-4-7-12-19-18(20)14(2)21-17-11-10-15-8-5-6-9-16(15)13-17/h5-6,8-11,13-14H,3-4,7,12H2,1-2H3,(H,19,20). The normalized spacial score (nSPS) is 12.1. The lowest BCUT2D eigenvalue weighted by Gasteiger charge is -2.15. The van der Waals surface area contributed by atoms with E-state index in [1.165, 1.54) is 5.39 Å². The zero-order chi connectivity index (χ0) is 15.1. The van der Waals surface area contributed by atoms with Gasteiger partial charge < -0.3 is 10.1 Å². The first-order valence-electron chi connectivity index (χ1n) is 7.64. The fourth-order valence-corrected chi connectivity index (χ4v) is 2.23. The average molecular weight is 285 g/mol. The number of hydrogen-bond donors (Lipinski definition) is 1. The second-order valence-electron chi connectivity index (χ2n) is 5.27. The van der Waals surface area contributed by atoms with Gasteiger partial charge in [-0.25, -0.2) is 0 Å². The molecule has 0 heterocycles. The Morgan fingerprint density at radius 2 is 1.90 bits per heavy atom. The van der Waals surface area contributed by atoms with Crippen LogP contribution >= 0.6 is 0 Å². The monoisotopic (exact) mass is 285 g/mol. The Bertz CT molecular complexity index is 595. The van der Waals surface area contributed by atoms with Crippen molar-refractivity contribution in [3.8, 4) is 5.75 Å². The molecular formula is C18H23NO2. The van der Waals surface area contributed by atoms with Gasteiger partial charge in [-0.3, -0.25) is 4.79 Å². The molecule has 0 aliphatic rings. The fourth-order valence-electron chi connectivity index (χ4n) is 2.23. The summed E-state index contributed by atoms with van der Waals surface area (Å²) >= 11 is 0. The Balaban J connectivity index is 1.91. The van der Waals surface area contributed by atoms with Crippen molar-refractivity contribution in [2.24, 2.45) is 0 Å². The topological polar surface area (TPSA) is 38.3 Å². The number of nitrogens with one attached hydrogen (secondary N) is 1. The molecule has 21 heavy (non-hydrogen) atoms. The first-order chi connectivity index (χ1) is 10.2. The van der Waals surface area contributed by atoms with Gasteiger partial charge in [0.05, 0.1) is 0 Å². The van der Waals surface area contributed by atoms with Gasteiger partial charge in [-0.05, 0) is 36.2 Å². The highest BCUT2D eigenvalue weighted by molar-refractivity contribution is 5.84. The molecule has 0 aromatic heterocycles. The van der Waals surface area contributed by atoms with Crippen LogP contribution in [0.1, 0.15) is 33.1 Å². The van der Waals surface area contributed by atoms with Gasteiger partial charge in [0.15, 0.2) is 6.10 Å². The summed E-state index contributed by atoms with van der Waals surface area (Å²) < 4.78 is 5.73. The van der Waals surface area contributed by atoms with Crippen LogP contribution in [-0.4, -0.2) is 18.6 Å². The highest BCUT2D eigenvalue weighted by Crippen LogP contribution is 2.21.